The molecule has 166 valence electrons. The van der Waals surface area contributed by atoms with Gasteiger partial charge in [0.1, 0.15) is 6.42 Å². The first-order valence-electron chi connectivity index (χ1n) is 9.72. The largest absolute Gasteiger partial charge is 0.493 e. The number of benzene rings is 2. The summed E-state index contributed by atoms with van der Waals surface area (Å²) >= 11 is 9.50. The summed E-state index contributed by atoms with van der Waals surface area (Å²) in [6.07, 6.45) is 3.05. The third kappa shape index (κ3) is 7.88. The molecule has 2 rings (SSSR count). The maximum atomic E-state index is 12.0. The predicted molar refractivity (Wildman–Crippen MR) is 126 cm³/mol. The molecule has 2 aromatic carbocycles. The molecule has 9 heteroatoms. The van der Waals surface area contributed by atoms with Crippen LogP contribution >= 0.6 is 27.5 Å². The van der Waals surface area contributed by atoms with Crippen LogP contribution in [0.4, 0.5) is 5.69 Å². The van der Waals surface area contributed by atoms with Gasteiger partial charge < -0.3 is 14.8 Å². The van der Waals surface area contributed by atoms with Crippen LogP contribution < -0.4 is 20.2 Å². The summed E-state index contributed by atoms with van der Waals surface area (Å²) in [4.78, 5) is 24.0. The Morgan fingerprint density at radius 3 is 2.68 bits per heavy atom. The Kier molecular flexibility index (Phi) is 9.81. The quantitative estimate of drug-likeness (QED) is 0.202. The van der Waals surface area contributed by atoms with Crippen LogP contribution in [0.1, 0.15) is 37.3 Å². The van der Waals surface area contributed by atoms with Crippen molar-refractivity contribution in [3.05, 3.63) is 51.0 Å². The van der Waals surface area contributed by atoms with Crippen LogP contribution in [0.3, 0.4) is 0 Å². The Labute approximate surface area is 195 Å². The monoisotopic (exact) mass is 509 g/mol. The van der Waals surface area contributed by atoms with Gasteiger partial charge in [0.25, 0.3) is 0 Å². The van der Waals surface area contributed by atoms with Crippen molar-refractivity contribution < 1.29 is 19.1 Å². The van der Waals surface area contributed by atoms with Crippen LogP contribution in [0.25, 0.3) is 0 Å². The molecular weight excluding hydrogens is 486 g/mol. The van der Waals surface area contributed by atoms with E-state index in [9.17, 15) is 9.59 Å². The fourth-order valence-electron chi connectivity index (χ4n) is 2.51. The van der Waals surface area contributed by atoms with Gasteiger partial charge in [0.2, 0.25) is 11.8 Å². The molecule has 0 heterocycles. The first-order valence-corrected chi connectivity index (χ1v) is 10.9. The summed E-state index contributed by atoms with van der Waals surface area (Å²) < 4.78 is 11.9. The van der Waals surface area contributed by atoms with Crippen LogP contribution in [0.5, 0.6) is 11.5 Å². The molecule has 31 heavy (non-hydrogen) atoms. The van der Waals surface area contributed by atoms with Crippen LogP contribution in [0, 0.1) is 6.92 Å². The minimum absolute atomic E-state index is 0.375. The van der Waals surface area contributed by atoms with E-state index >= 15 is 0 Å². The van der Waals surface area contributed by atoms with Crippen LogP contribution in [0.2, 0.25) is 5.02 Å². The lowest BCUT2D eigenvalue weighted by molar-refractivity contribution is -0.126. The second kappa shape index (κ2) is 12.3. The number of methoxy groups -OCH3 is 1. The van der Waals surface area contributed by atoms with Crippen molar-refractivity contribution in [3.63, 3.8) is 0 Å². The first-order chi connectivity index (χ1) is 14.8. The average molecular weight is 511 g/mol. The number of hydrazone groups is 1. The van der Waals surface area contributed by atoms with Gasteiger partial charge in [0, 0.05) is 10.7 Å². The number of rotatable bonds is 10. The van der Waals surface area contributed by atoms with Crippen LogP contribution in [-0.2, 0) is 9.59 Å². The van der Waals surface area contributed by atoms with Gasteiger partial charge in [-0.2, -0.15) is 5.10 Å². The van der Waals surface area contributed by atoms with E-state index in [0.717, 1.165) is 18.4 Å². The number of anilines is 1. The van der Waals surface area contributed by atoms with Crippen molar-refractivity contribution in [2.24, 2.45) is 5.10 Å². The van der Waals surface area contributed by atoms with E-state index in [-0.39, 0.29) is 6.42 Å². The molecule has 0 unspecified atom stereocenters. The SMILES string of the molecule is CCCCOc1c(Br)cc(C=NNC(=O)CC(=O)Nc2ccc(C)c(Cl)c2)cc1OC. The summed E-state index contributed by atoms with van der Waals surface area (Å²) in [6.45, 7) is 4.54. The van der Waals surface area contributed by atoms with E-state index in [2.05, 4.69) is 38.7 Å². The average Bonchev–Trinajstić information content (AvgIpc) is 2.72. The number of hydrogen-bond acceptors (Lipinski definition) is 5. The van der Waals surface area contributed by atoms with Gasteiger partial charge in [0.05, 0.1) is 24.4 Å². The number of amides is 2. The molecule has 0 fully saturated rings. The zero-order valence-electron chi connectivity index (χ0n) is 17.6. The molecule has 0 atom stereocenters. The van der Waals surface area contributed by atoms with Gasteiger partial charge >= 0.3 is 0 Å². The second-order valence-corrected chi connectivity index (χ2v) is 7.98. The highest BCUT2D eigenvalue weighted by Crippen LogP contribution is 2.36. The van der Waals surface area contributed by atoms with Crippen molar-refractivity contribution >= 4 is 51.2 Å². The van der Waals surface area contributed by atoms with Crippen molar-refractivity contribution in [1.29, 1.82) is 0 Å². The highest BCUT2D eigenvalue weighted by Gasteiger charge is 2.12. The first kappa shape index (κ1) is 24.7. The zero-order valence-corrected chi connectivity index (χ0v) is 20.0. The second-order valence-electron chi connectivity index (χ2n) is 6.72. The highest BCUT2D eigenvalue weighted by atomic mass is 79.9. The molecule has 0 bridgehead atoms. The number of ether oxygens (including phenoxy) is 2. The topological polar surface area (TPSA) is 89.0 Å². The minimum Gasteiger partial charge on any atom is -0.493 e. The predicted octanol–water partition coefficient (Wildman–Crippen LogP) is 5.08. The molecule has 0 radical (unpaired) electrons. The normalized spacial score (nSPS) is 10.7. The van der Waals surface area contributed by atoms with Crippen LogP contribution in [-0.4, -0.2) is 31.7 Å². The maximum absolute atomic E-state index is 12.0. The van der Waals surface area contributed by atoms with E-state index in [1.54, 1.807) is 37.4 Å². The van der Waals surface area contributed by atoms with Gasteiger partial charge in [0.15, 0.2) is 11.5 Å². The Balaban J connectivity index is 1.91. The molecule has 2 amide bonds. The van der Waals surface area contributed by atoms with Gasteiger partial charge in [-0.05, 0) is 64.7 Å². The van der Waals surface area contributed by atoms with E-state index < -0.39 is 11.8 Å². The lowest BCUT2D eigenvalue weighted by Gasteiger charge is -2.13. The van der Waals surface area contributed by atoms with Crippen molar-refractivity contribution in [2.45, 2.75) is 33.1 Å². The van der Waals surface area contributed by atoms with Gasteiger partial charge in [-0.15, -0.1) is 0 Å². The van der Waals surface area contributed by atoms with Gasteiger partial charge in [-0.25, -0.2) is 5.43 Å². The Hall–Kier alpha value is -2.58. The van der Waals surface area contributed by atoms with E-state index in [1.165, 1.54) is 6.21 Å². The molecule has 0 saturated heterocycles. The lowest BCUT2D eigenvalue weighted by atomic mass is 10.2. The van der Waals surface area contributed by atoms with Gasteiger partial charge in [-0.3, -0.25) is 9.59 Å². The third-order valence-electron chi connectivity index (χ3n) is 4.18. The fourth-order valence-corrected chi connectivity index (χ4v) is 3.27. The molecule has 7 nitrogen and oxygen atoms in total. The molecule has 2 aromatic rings. The molecule has 0 aliphatic heterocycles. The number of hydrogen-bond donors (Lipinski definition) is 2. The Morgan fingerprint density at radius 1 is 1.23 bits per heavy atom. The maximum Gasteiger partial charge on any atom is 0.249 e. The van der Waals surface area contributed by atoms with Crippen LogP contribution in [0.15, 0.2) is 39.9 Å². The number of nitrogens with one attached hydrogen (secondary N) is 2. The number of aryl methyl sites for hydroxylation is 1. The standard InChI is InChI=1S/C22H25BrClN3O4/c1-4-5-8-31-22-17(23)9-15(10-19(22)30-3)13-25-27-21(29)12-20(28)26-16-7-6-14(2)18(24)11-16/h6-7,9-11,13H,4-5,8,12H2,1-3H3,(H,26,28)(H,27,29). The number of carbonyl (C=O) groups excluding carboxylic acids is 2. The Bertz CT molecular complexity index is 966. The summed E-state index contributed by atoms with van der Waals surface area (Å²) in [5.41, 5.74) is 4.45. The third-order valence-corrected chi connectivity index (χ3v) is 5.17. The number of unbranched alkanes of at least 4 members (excludes halogenated alkanes) is 1. The minimum atomic E-state index is -0.544. The molecule has 0 aliphatic carbocycles. The summed E-state index contributed by atoms with van der Waals surface area (Å²) in [6, 6.07) is 8.68. The van der Waals surface area contributed by atoms with Crippen molar-refractivity contribution in [3.8, 4) is 11.5 Å². The van der Waals surface area contributed by atoms with Crippen molar-refractivity contribution in [2.75, 3.05) is 19.0 Å². The molecule has 2 N–H and O–H groups in total. The summed E-state index contributed by atoms with van der Waals surface area (Å²) in [7, 11) is 1.55. The summed E-state index contributed by atoms with van der Waals surface area (Å²) in [5, 5.41) is 7.07. The van der Waals surface area contributed by atoms with E-state index in [4.69, 9.17) is 21.1 Å². The molecule has 0 saturated carbocycles. The molecule has 0 aromatic heterocycles. The molecular formula is C22H25BrClN3O4. The smallest absolute Gasteiger partial charge is 0.249 e. The fraction of sp³-hybridized carbons (Fsp3) is 0.318. The number of nitrogens with zero attached hydrogens (tertiary/aromatic N) is 1. The number of carbonyl (C=O) groups is 2. The van der Waals surface area contributed by atoms with E-state index in [1.807, 2.05) is 6.92 Å². The summed E-state index contributed by atoms with van der Waals surface area (Å²) in [5.74, 6) is 0.155. The Morgan fingerprint density at radius 2 is 2.00 bits per heavy atom. The molecule has 0 spiro atoms. The van der Waals surface area contributed by atoms with Crippen molar-refractivity contribution in [1.82, 2.24) is 5.43 Å². The zero-order chi connectivity index (χ0) is 22.8. The van der Waals surface area contributed by atoms with Gasteiger partial charge in [-0.1, -0.05) is 31.0 Å². The lowest BCUT2D eigenvalue weighted by Crippen LogP contribution is -2.24. The van der Waals surface area contributed by atoms with E-state index in [0.29, 0.717) is 38.9 Å². The highest BCUT2D eigenvalue weighted by molar-refractivity contribution is 9.10. The number of halogens is 2. The molecule has 0 aliphatic rings.